The van der Waals surface area contributed by atoms with Gasteiger partial charge in [0.05, 0.1) is 23.0 Å². The molecule has 0 radical (unpaired) electrons. The standard InChI is InChI=1S/C19H23ClN2OS/c1-14(18-12-7-13-23-18)22(15-8-3-2-4-9-15)19(24)21-17-11-6-5-10-16(17)20/h5-7,10-15H,2-4,8-9H2,1H3,(H,21,24). The second-order valence-corrected chi connectivity index (χ2v) is 7.09. The molecule has 2 aromatic rings. The summed E-state index contributed by atoms with van der Waals surface area (Å²) in [4.78, 5) is 2.29. The Morgan fingerprint density at radius 1 is 1.21 bits per heavy atom. The minimum Gasteiger partial charge on any atom is -0.467 e. The first kappa shape index (κ1) is 17.3. The van der Waals surface area contributed by atoms with Crippen LogP contribution < -0.4 is 5.32 Å². The lowest BCUT2D eigenvalue weighted by Crippen LogP contribution is -2.45. The van der Waals surface area contributed by atoms with Crippen molar-refractivity contribution in [1.82, 2.24) is 4.90 Å². The van der Waals surface area contributed by atoms with E-state index in [2.05, 4.69) is 17.1 Å². The highest BCUT2D eigenvalue weighted by Crippen LogP contribution is 2.32. The number of nitrogens with one attached hydrogen (secondary N) is 1. The molecule has 1 aromatic carbocycles. The molecule has 5 heteroatoms. The summed E-state index contributed by atoms with van der Waals surface area (Å²) in [6.07, 6.45) is 7.85. The van der Waals surface area contributed by atoms with Crippen LogP contribution in [-0.4, -0.2) is 16.1 Å². The zero-order chi connectivity index (χ0) is 16.9. The third-order valence-corrected chi connectivity index (χ3v) is 5.33. The van der Waals surface area contributed by atoms with Crippen molar-refractivity contribution < 1.29 is 4.42 Å². The largest absolute Gasteiger partial charge is 0.467 e. The number of hydrogen-bond donors (Lipinski definition) is 1. The molecule has 1 aliphatic rings. The molecule has 0 bridgehead atoms. The number of halogens is 1. The van der Waals surface area contributed by atoms with E-state index >= 15 is 0 Å². The summed E-state index contributed by atoms with van der Waals surface area (Å²) in [5, 5.41) is 4.72. The molecule has 1 saturated carbocycles. The monoisotopic (exact) mass is 362 g/mol. The van der Waals surface area contributed by atoms with Gasteiger partial charge in [0.15, 0.2) is 5.11 Å². The number of hydrogen-bond acceptors (Lipinski definition) is 2. The molecule has 0 spiro atoms. The van der Waals surface area contributed by atoms with Gasteiger partial charge in [0, 0.05) is 6.04 Å². The first-order chi connectivity index (χ1) is 11.7. The summed E-state index contributed by atoms with van der Waals surface area (Å²) in [5.74, 6) is 0.934. The second-order valence-electron chi connectivity index (χ2n) is 6.30. The number of para-hydroxylation sites is 1. The number of furan rings is 1. The molecule has 1 aromatic heterocycles. The summed E-state index contributed by atoms with van der Waals surface area (Å²) in [6, 6.07) is 12.2. The van der Waals surface area contributed by atoms with Crippen LogP contribution in [0.5, 0.6) is 0 Å². The number of nitrogens with zero attached hydrogens (tertiary/aromatic N) is 1. The Balaban J connectivity index is 1.83. The van der Waals surface area contributed by atoms with Crippen LogP contribution in [0.3, 0.4) is 0 Å². The van der Waals surface area contributed by atoms with Crippen molar-refractivity contribution in [3.05, 3.63) is 53.4 Å². The molecule has 0 aliphatic heterocycles. The predicted octanol–water partition coefficient (Wildman–Crippen LogP) is 6.03. The lowest BCUT2D eigenvalue weighted by molar-refractivity contribution is 0.186. The van der Waals surface area contributed by atoms with Crippen molar-refractivity contribution in [1.29, 1.82) is 0 Å². The molecule has 1 unspecified atom stereocenters. The Bertz CT molecular complexity index is 668. The quantitative estimate of drug-likeness (QED) is 0.672. The SMILES string of the molecule is CC(c1ccco1)N(C(=S)Nc1ccccc1Cl)C1CCCCC1. The second kappa shape index (κ2) is 8.04. The molecule has 1 heterocycles. The molecule has 3 rings (SSSR count). The normalized spacial score (nSPS) is 16.6. The van der Waals surface area contributed by atoms with E-state index in [4.69, 9.17) is 28.2 Å². The Kier molecular flexibility index (Phi) is 5.80. The van der Waals surface area contributed by atoms with Crippen molar-refractivity contribution in [2.24, 2.45) is 0 Å². The van der Waals surface area contributed by atoms with Crippen LogP contribution in [0.2, 0.25) is 5.02 Å². The highest BCUT2D eigenvalue weighted by atomic mass is 35.5. The maximum absolute atomic E-state index is 6.28. The fraction of sp³-hybridized carbons (Fsp3) is 0.421. The molecular formula is C19H23ClN2OS. The zero-order valence-corrected chi connectivity index (χ0v) is 15.4. The summed E-state index contributed by atoms with van der Waals surface area (Å²) in [5.41, 5.74) is 0.844. The predicted molar refractivity (Wildman–Crippen MR) is 104 cm³/mol. The maximum atomic E-state index is 6.28. The Morgan fingerprint density at radius 2 is 1.96 bits per heavy atom. The van der Waals surface area contributed by atoms with Crippen LogP contribution >= 0.6 is 23.8 Å². The smallest absolute Gasteiger partial charge is 0.174 e. The topological polar surface area (TPSA) is 28.4 Å². The molecule has 24 heavy (non-hydrogen) atoms. The van der Waals surface area contributed by atoms with Crippen LogP contribution in [0.25, 0.3) is 0 Å². The highest BCUT2D eigenvalue weighted by molar-refractivity contribution is 7.80. The fourth-order valence-electron chi connectivity index (χ4n) is 3.43. The van der Waals surface area contributed by atoms with E-state index in [0.29, 0.717) is 16.2 Å². The van der Waals surface area contributed by atoms with Gasteiger partial charge in [0.25, 0.3) is 0 Å². The first-order valence-corrected chi connectivity index (χ1v) is 9.32. The summed E-state index contributed by atoms with van der Waals surface area (Å²) in [6.45, 7) is 2.15. The third-order valence-electron chi connectivity index (χ3n) is 4.69. The molecule has 1 aliphatic carbocycles. The lowest BCUT2D eigenvalue weighted by Gasteiger charge is -2.39. The molecule has 0 saturated heterocycles. The lowest BCUT2D eigenvalue weighted by atomic mass is 9.93. The van der Waals surface area contributed by atoms with Crippen molar-refractivity contribution in [2.75, 3.05) is 5.32 Å². The van der Waals surface area contributed by atoms with Crippen LogP contribution in [0.15, 0.2) is 47.1 Å². The Labute approximate surface area is 154 Å². The third kappa shape index (κ3) is 3.93. The average molecular weight is 363 g/mol. The minimum atomic E-state index is 0.0885. The maximum Gasteiger partial charge on any atom is 0.174 e. The van der Waals surface area contributed by atoms with E-state index in [0.717, 1.165) is 24.3 Å². The van der Waals surface area contributed by atoms with Crippen LogP contribution in [0, 0.1) is 0 Å². The van der Waals surface area contributed by atoms with Crippen LogP contribution in [0.1, 0.15) is 50.8 Å². The van der Waals surface area contributed by atoms with Gasteiger partial charge in [-0.25, -0.2) is 0 Å². The highest BCUT2D eigenvalue weighted by Gasteiger charge is 2.29. The van der Waals surface area contributed by atoms with Gasteiger partial charge in [-0.3, -0.25) is 0 Å². The summed E-state index contributed by atoms with van der Waals surface area (Å²) < 4.78 is 5.64. The van der Waals surface area contributed by atoms with Gasteiger partial charge in [0.2, 0.25) is 0 Å². The van der Waals surface area contributed by atoms with Gasteiger partial charge in [-0.15, -0.1) is 0 Å². The number of benzene rings is 1. The van der Waals surface area contributed by atoms with Crippen LogP contribution in [0.4, 0.5) is 5.69 Å². The van der Waals surface area contributed by atoms with Gasteiger partial charge in [-0.2, -0.15) is 0 Å². The van der Waals surface area contributed by atoms with E-state index in [1.165, 1.54) is 19.3 Å². The molecule has 0 amide bonds. The van der Waals surface area contributed by atoms with Gasteiger partial charge in [-0.1, -0.05) is 43.0 Å². The minimum absolute atomic E-state index is 0.0885. The zero-order valence-electron chi connectivity index (χ0n) is 13.9. The van der Waals surface area contributed by atoms with Crippen LogP contribution in [-0.2, 0) is 0 Å². The number of rotatable bonds is 4. The van der Waals surface area contributed by atoms with E-state index in [9.17, 15) is 0 Å². The first-order valence-electron chi connectivity index (χ1n) is 8.54. The fourth-order valence-corrected chi connectivity index (χ4v) is 4.03. The molecule has 3 nitrogen and oxygen atoms in total. The summed E-state index contributed by atoms with van der Waals surface area (Å²) in [7, 11) is 0. The molecule has 1 N–H and O–H groups in total. The Morgan fingerprint density at radius 3 is 2.62 bits per heavy atom. The van der Waals surface area contributed by atoms with Crippen molar-refractivity contribution >= 4 is 34.6 Å². The molecular weight excluding hydrogens is 340 g/mol. The van der Waals surface area contributed by atoms with Crippen molar-refractivity contribution in [3.63, 3.8) is 0 Å². The van der Waals surface area contributed by atoms with Gasteiger partial charge in [-0.05, 0) is 56.2 Å². The van der Waals surface area contributed by atoms with Gasteiger partial charge >= 0.3 is 0 Å². The van der Waals surface area contributed by atoms with Crippen molar-refractivity contribution in [2.45, 2.75) is 51.1 Å². The number of anilines is 1. The Hall–Kier alpha value is -1.52. The number of thiocarbonyl (C=S) groups is 1. The van der Waals surface area contributed by atoms with Gasteiger partial charge in [0.1, 0.15) is 5.76 Å². The molecule has 1 fully saturated rings. The molecule has 128 valence electrons. The van der Waals surface area contributed by atoms with E-state index in [-0.39, 0.29) is 6.04 Å². The molecule has 1 atom stereocenters. The summed E-state index contributed by atoms with van der Waals surface area (Å²) >= 11 is 12.0. The average Bonchev–Trinajstić information content (AvgIpc) is 3.13. The van der Waals surface area contributed by atoms with E-state index in [1.807, 2.05) is 36.4 Å². The van der Waals surface area contributed by atoms with Gasteiger partial charge < -0.3 is 14.6 Å². The van der Waals surface area contributed by atoms with Crippen molar-refractivity contribution in [3.8, 4) is 0 Å². The van der Waals surface area contributed by atoms with E-state index in [1.54, 1.807) is 6.26 Å². The van der Waals surface area contributed by atoms with E-state index < -0.39 is 0 Å².